The second kappa shape index (κ2) is 8.68. The quantitative estimate of drug-likeness (QED) is 0.422. The zero-order chi connectivity index (χ0) is 17.5. The van der Waals surface area contributed by atoms with Crippen LogP contribution in [0.2, 0.25) is 0 Å². The minimum absolute atomic E-state index is 0.0373. The van der Waals surface area contributed by atoms with Crippen molar-refractivity contribution < 1.29 is 18.7 Å². The first-order valence-corrected chi connectivity index (χ1v) is 8.53. The van der Waals surface area contributed by atoms with E-state index in [1.807, 2.05) is 26.0 Å². The molecule has 0 aliphatic rings. The SMILES string of the molecule is CC(C)COC(=O)/C(=C\c1ccco1)NC(=O)c1ccccc1I. The zero-order valence-corrected chi connectivity index (χ0v) is 15.6. The van der Waals surface area contributed by atoms with Crippen molar-refractivity contribution in [3.63, 3.8) is 0 Å². The van der Waals surface area contributed by atoms with E-state index in [1.54, 1.807) is 24.3 Å². The molecule has 126 valence electrons. The Labute approximate surface area is 154 Å². The minimum atomic E-state index is -0.598. The summed E-state index contributed by atoms with van der Waals surface area (Å²) in [5.41, 5.74) is 0.523. The maximum absolute atomic E-state index is 12.5. The van der Waals surface area contributed by atoms with Crippen LogP contribution < -0.4 is 5.32 Å². The van der Waals surface area contributed by atoms with E-state index in [-0.39, 0.29) is 24.1 Å². The molecular formula is C18H18INO4. The van der Waals surface area contributed by atoms with Gasteiger partial charge >= 0.3 is 5.97 Å². The van der Waals surface area contributed by atoms with Crippen LogP contribution >= 0.6 is 22.6 Å². The topological polar surface area (TPSA) is 68.5 Å². The van der Waals surface area contributed by atoms with Crippen molar-refractivity contribution >= 4 is 40.5 Å². The van der Waals surface area contributed by atoms with Gasteiger partial charge in [0, 0.05) is 9.65 Å². The number of amides is 1. The van der Waals surface area contributed by atoms with Gasteiger partial charge in [-0.15, -0.1) is 0 Å². The predicted molar refractivity (Wildman–Crippen MR) is 99.1 cm³/mol. The van der Waals surface area contributed by atoms with Gasteiger partial charge in [0.1, 0.15) is 11.5 Å². The van der Waals surface area contributed by atoms with Crippen molar-refractivity contribution in [1.82, 2.24) is 5.32 Å². The molecule has 1 aromatic heterocycles. The summed E-state index contributed by atoms with van der Waals surface area (Å²) in [6.45, 7) is 4.15. The van der Waals surface area contributed by atoms with Crippen LogP contribution in [0.1, 0.15) is 30.0 Å². The van der Waals surface area contributed by atoms with Crippen LogP contribution in [0.15, 0.2) is 52.8 Å². The molecule has 24 heavy (non-hydrogen) atoms. The van der Waals surface area contributed by atoms with Crippen LogP contribution in [-0.2, 0) is 9.53 Å². The van der Waals surface area contributed by atoms with Gasteiger partial charge in [-0.2, -0.15) is 0 Å². The number of hydrogen-bond acceptors (Lipinski definition) is 4. The van der Waals surface area contributed by atoms with Crippen molar-refractivity contribution in [1.29, 1.82) is 0 Å². The highest BCUT2D eigenvalue weighted by molar-refractivity contribution is 14.1. The predicted octanol–water partition coefficient (Wildman–Crippen LogP) is 3.85. The number of ether oxygens (including phenoxy) is 1. The maximum atomic E-state index is 12.5. The molecule has 1 amide bonds. The summed E-state index contributed by atoms with van der Waals surface area (Å²) in [6.07, 6.45) is 2.95. The molecule has 1 aromatic carbocycles. The summed E-state index contributed by atoms with van der Waals surface area (Å²) in [7, 11) is 0. The molecule has 1 heterocycles. The molecule has 0 unspecified atom stereocenters. The van der Waals surface area contributed by atoms with Gasteiger partial charge in [-0.1, -0.05) is 26.0 Å². The number of halogens is 1. The first kappa shape index (κ1) is 18.3. The van der Waals surface area contributed by atoms with Gasteiger partial charge < -0.3 is 14.5 Å². The normalized spacial score (nSPS) is 11.4. The summed E-state index contributed by atoms with van der Waals surface area (Å²) in [6, 6.07) is 10.5. The summed E-state index contributed by atoms with van der Waals surface area (Å²) in [4.78, 5) is 24.7. The van der Waals surface area contributed by atoms with Gasteiger partial charge in [0.25, 0.3) is 5.91 Å². The van der Waals surface area contributed by atoms with E-state index in [0.29, 0.717) is 11.3 Å². The molecule has 0 saturated carbocycles. The Morgan fingerprint density at radius 2 is 2.00 bits per heavy atom. The lowest BCUT2D eigenvalue weighted by Gasteiger charge is -2.12. The van der Waals surface area contributed by atoms with Crippen LogP contribution in [0.3, 0.4) is 0 Å². The number of nitrogens with one attached hydrogen (secondary N) is 1. The van der Waals surface area contributed by atoms with Crippen LogP contribution in [0.4, 0.5) is 0 Å². The Bertz CT molecular complexity index is 735. The fourth-order valence-electron chi connectivity index (χ4n) is 1.82. The third-order valence-electron chi connectivity index (χ3n) is 2.96. The molecule has 0 atom stereocenters. The molecule has 1 N–H and O–H groups in total. The van der Waals surface area contributed by atoms with Crippen LogP contribution in [0.5, 0.6) is 0 Å². The summed E-state index contributed by atoms with van der Waals surface area (Å²) in [5.74, 6) is -0.321. The molecule has 0 bridgehead atoms. The van der Waals surface area contributed by atoms with Gasteiger partial charge in [-0.25, -0.2) is 4.79 Å². The summed E-state index contributed by atoms with van der Waals surface area (Å²) >= 11 is 2.07. The molecule has 0 aliphatic heterocycles. The highest BCUT2D eigenvalue weighted by Crippen LogP contribution is 2.13. The van der Waals surface area contributed by atoms with Crippen LogP contribution in [-0.4, -0.2) is 18.5 Å². The van der Waals surface area contributed by atoms with Crippen molar-refractivity contribution in [2.24, 2.45) is 5.92 Å². The molecule has 6 heteroatoms. The molecule has 5 nitrogen and oxygen atoms in total. The van der Waals surface area contributed by atoms with Gasteiger partial charge in [0.05, 0.1) is 18.4 Å². The van der Waals surface area contributed by atoms with E-state index in [1.165, 1.54) is 12.3 Å². The van der Waals surface area contributed by atoms with E-state index in [0.717, 1.165) is 3.57 Å². The smallest absolute Gasteiger partial charge is 0.354 e. The second-order valence-electron chi connectivity index (χ2n) is 5.50. The number of esters is 1. The highest BCUT2D eigenvalue weighted by atomic mass is 127. The van der Waals surface area contributed by atoms with E-state index in [4.69, 9.17) is 9.15 Å². The Balaban J connectivity index is 2.21. The first-order valence-electron chi connectivity index (χ1n) is 7.45. The Morgan fingerprint density at radius 1 is 1.25 bits per heavy atom. The fraction of sp³-hybridized carbons (Fsp3) is 0.222. The Kier molecular flexibility index (Phi) is 6.60. The van der Waals surface area contributed by atoms with Crippen molar-refractivity contribution in [2.75, 3.05) is 6.61 Å². The number of furan rings is 1. The number of carbonyl (C=O) groups is 2. The van der Waals surface area contributed by atoms with E-state index in [2.05, 4.69) is 27.9 Å². The molecule has 0 saturated heterocycles. The number of hydrogen-bond donors (Lipinski definition) is 1. The minimum Gasteiger partial charge on any atom is -0.465 e. The van der Waals surface area contributed by atoms with Crippen molar-refractivity contribution in [3.8, 4) is 0 Å². The molecular weight excluding hydrogens is 421 g/mol. The molecule has 0 aliphatic carbocycles. The van der Waals surface area contributed by atoms with Crippen LogP contribution in [0, 0.1) is 9.49 Å². The second-order valence-corrected chi connectivity index (χ2v) is 6.66. The van der Waals surface area contributed by atoms with Gasteiger partial charge in [-0.05, 0) is 52.8 Å². The standard InChI is InChI=1S/C18H18INO4/c1-12(2)11-24-18(22)16(10-13-6-5-9-23-13)20-17(21)14-7-3-4-8-15(14)19/h3-10,12H,11H2,1-2H3,(H,20,21)/b16-10+. The average molecular weight is 439 g/mol. The van der Waals surface area contributed by atoms with Crippen molar-refractivity contribution in [3.05, 3.63) is 63.3 Å². The Hall–Kier alpha value is -2.09. The average Bonchev–Trinajstić information content (AvgIpc) is 3.05. The fourth-order valence-corrected chi connectivity index (χ4v) is 2.45. The number of rotatable bonds is 6. The van der Waals surface area contributed by atoms with Gasteiger partial charge in [0.2, 0.25) is 0 Å². The summed E-state index contributed by atoms with van der Waals surface area (Å²) < 4.78 is 11.2. The first-order chi connectivity index (χ1) is 11.5. The monoisotopic (exact) mass is 439 g/mol. The number of benzene rings is 1. The molecule has 0 spiro atoms. The maximum Gasteiger partial charge on any atom is 0.354 e. The Morgan fingerprint density at radius 3 is 2.62 bits per heavy atom. The van der Waals surface area contributed by atoms with Crippen LogP contribution in [0.25, 0.3) is 6.08 Å². The molecule has 0 radical (unpaired) electrons. The zero-order valence-electron chi connectivity index (χ0n) is 13.4. The number of carbonyl (C=O) groups excluding carboxylic acids is 2. The highest BCUT2D eigenvalue weighted by Gasteiger charge is 2.18. The lowest BCUT2D eigenvalue weighted by molar-refractivity contribution is -0.140. The molecule has 2 aromatic rings. The molecule has 0 fully saturated rings. The van der Waals surface area contributed by atoms with E-state index in [9.17, 15) is 9.59 Å². The van der Waals surface area contributed by atoms with E-state index < -0.39 is 5.97 Å². The van der Waals surface area contributed by atoms with Gasteiger partial charge in [-0.3, -0.25) is 4.79 Å². The largest absolute Gasteiger partial charge is 0.465 e. The van der Waals surface area contributed by atoms with Gasteiger partial charge in [0.15, 0.2) is 0 Å². The summed E-state index contributed by atoms with van der Waals surface area (Å²) in [5, 5.41) is 2.62. The lowest BCUT2D eigenvalue weighted by atomic mass is 10.2. The van der Waals surface area contributed by atoms with E-state index >= 15 is 0 Å². The third kappa shape index (κ3) is 5.23. The lowest BCUT2D eigenvalue weighted by Crippen LogP contribution is -2.29. The molecule has 2 rings (SSSR count). The third-order valence-corrected chi connectivity index (χ3v) is 3.90. The van der Waals surface area contributed by atoms with Crippen molar-refractivity contribution in [2.45, 2.75) is 13.8 Å².